The van der Waals surface area contributed by atoms with E-state index in [1.165, 1.54) is 17.4 Å². The Kier molecular flexibility index (Phi) is 4.10. The fourth-order valence-electron chi connectivity index (χ4n) is 1.65. The molecule has 1 aromatic heterocycles. The second-order valence-electron chi connectivity index (χ2n) is 4.01. The first-order valence-electron chi connectivity index (χ1n) is 5.73. The van der Waals surface area contributed by atoms with Crippen LogP contribution in [0.3, 0.4) is 0 Å². The molecule has 2 aromatic rings. The van der Waals surface area contributed by atoms with Crippen molar-refractivity contribution in [1.82, 2.24) is 0 Å². The van der Waals surface area contributed by atoms with Crippen molar-refractivity contribution in [3.63, 3.8) is 0 Å². The minimum atomic E-state index is -0.207. The van der Waals surface area contributed by atoms with Gasteiger partial charge in [-0.25, -0.2) is 4.39 Å². The van der Waals surface area contributed by atoms with Gasteiger partial charge in [0.2, 0.25) is 0 Å². The number of hydrogen-bond donors (Lipinski definition) is 1. The molecule has 1 unspecified atom stereocenters. The number of thiophene rings is 1. The minimum Gasteiger partial charge on any atom is -0.379 e. The molecule has 1 aromatic carbocycles. The lowest BCUT2D eigenvalue weighted by Gasteiger charge is -2.09. The van der Waals surface area contributed by atoms with E-state index < -0.39 is 0 Å². The van der Waals surface area contributed by atoms with Gasteiger partial charge in [-0.2, -0.15) is 0 Å². The number of hydrogen-bond acceptors (Lipinski definition) is 3. The lowest BCUT2D eigenvalue weighted by atomic mass is 10.2. The average Bonchev–Trinajstić information content (AvgIpc) is 2.72. The number of nitrogens with two attached hydrogens (primary N) is 1. The average molecular weight is 253 g/mol. The second-order valence-corrected chi connectivity index (χ2v) is 5.13. The van der Waals surface area contributed by atoms with Crippen LogP contribution in [0.4, 0.5) is 4.39 Å². The Morgan fingerprint density at radius 2 is 2.24 bits per heavy atom. The molecule has 1 atom stereocenters. The van der Waals surface area contributed by atoms with Crippen LogP contribution in [0.25, 0.3) is 10.1 Å². The van der Waals surface area contributed by atoms with Crippen molar-refractivity contribution in [3.8, 4) is 0 Å². The maximum atomic E-state index is 13.0. The topological polar surface area (TPSA) is 35.2 Å². The smallest absolute Gasteiger partial charge is 0.124 e. The third kappa shape index (κ3) is 3.03. The summed E-state index contributed by atoms with van der Waals surface area (Å²) < 4.78 is 19.4. The van der Waals surface area contributed by atoms with E-state index in [9.17, 15) is 4.39 Å². The molecular weight excluding hydrogens is 237 g/mol. The third-order valence-electron chi connectivity index (χ3n) is 2.51. The Balaban J connectivity index is 2.12. The monoisotopic (exact) mass is 253 g/mol. The van der Waals surface area contributed by atoms with Crippen LogP contribution in [0.15, 0.2) is 24.3 Å². The normalized spacial score (nSPS) is 13.1. The summed E-state index contributed by atoms with van der Waals surface area (Å²) in [5.74, 6) is -0.207. The van der Waals surface area contributed by atoms with Crippen molar-refractivity contribution in [2.24, 2.45) is 5.73 Å². The van der Waals surface area contributed by atoms with Gasteiger partial charge in [-0.3, -0.25) is 0 Å². The summed E-state index contributed by atoms with van der Waals surface area (Å²) in [6.45, 7) is 3.31. The molecule has 0 bridgehead atoms. The largest absolute Gasteiger partial charge is 0.379 e. The molecule has 0 amide bonds. The van der Waals surface area contributed by atoms with Crippen LogP contribution in [0.1, 0.15) is 24.3 Å². The number of ether oxygens (including phenoxy) is 1. The van der Waals surface area contributed by atoms with E-state index in [2.05, 4.69) is 6.92 Å². The molecule has 92 valence electrons. The highest BCUT2D eigenvalue weighted by atomic mass is 32.1. The molecule has 0 radical (unpaired) electrons. The van der Waals surface area contributed by atoms with Gasteiger partial charge in [-0.05, 0) is 30.0 Å². The van der Waals surface area contributed by atoms with E-state index in [4.69, 9.17) is 10.5 Å². The second kappa shape index (κ2) is 5.58. The van der Waals surface area contributed by atoms with Gasteiger partial charge in [-0.1, -0.05) is 13.0 Å². The maximum absolute atomic E-state index is 13.0. The van der Waals surface area contributed by atoms with Crippen LogP contribution >= 0.6 is 11.3 Å². The Bertz CT molecular complexity index is 497. The summed E-state index contributed by atoms with van der Waals surface area (Å²) in [4.78, 5) is 1.04. The predicted octanol–water partition coefficient (Wildman–Crippen LogP) is 3.47. The van der Waals surface area contributed by atoms with E-state index in [0.717, 1.165) is 28.0 Å². The van der Waals surface area contributed by atoms with Gasteiger partial charge in [-0.15, -0.1) is 11.3 Å². The van der Waals surface area contributed by atoms with Gasteiger partial charge in [0.1, 0.15) is 5.82 Å². The quantitative estimate of drug-likeness (QED) is 0.828. The van der Waals surface area contributed by atoms with E-state index in [1.807, 2.05) is 6.07 Å². The standard InChI is InChI=1S/C13H16FNOS/c1-2-5-16-8-11(15)13-6-9-3-4-10(14)7-12(9)17-13/h3-4,6-7,11H,2,5,8,15H2,1H3. The summed E-state index contributed by atoms with van der Waals surface area (Å²) in [6.07, 6.45) is 0.990. The highest BCUT2D eigenvalue weighted by Gasteiger charge is 2.10. The maximum Gasteiger partial charge on any atom is 0.124 e. The first-order chi connectivity index (χ1) is 8.20. The molecule has 4 heteroatoms. The van der Waals surface area contributed by atoms with Crippen molar-refractivity contribution >= 4 is 21.4 Å². The van der Waals surface area contributed by atoms with Gasteiger partial charge >= 0.3 is 0 Å². The highest BCUT2D eigenvalue weighted by Crippen LogP contribution is 2.29. The zero-order chi connectivity index (χ0) is 12.3. The summed E-state index contributed by atoms with van der Waals surface area (Å²) in [6, 6.07) is 6.69. The summed E-state index contributed by atoms with van der Waals surface area (Å²) in [5.41, 5.74) is 6.03. The fraction of sp³-hybridized carbons (Fsp3) is 0.385. The molecule has 0 saturated carbocycles. The Hall–Kier alpha value is -0.970. The Labute approximate surface area is 104 Å². The number of benzene rings is 1. The molecule has 2 rings (SSSR count). The summed E-state index contributed by atoms with van der Waals surface area (Å²) in [7, 11) is 0. The number of halogens is 1. The molecule has 1 heterocycles. The zero-order valence-electron chi connectivity index (χ0n) is 9.78. The predicted molar refractivity (Wildman–Crippen MR) is 69.8 cm³/mol. The van der Waals surface area contributed by atoms with Gasteiger partial charge < -0.3 is 10.5 Å². The molecule has 0 aliphatic rings. The third-order valence-corrected chi connectivity index (χ3v) is 3.74. The molecule has 17 heavy (non-hydrogen) atoms. The van der Waals surface area contributed by atoms with Crippen LogP contribution < -0.4 is 5.73 Å². The van der Waals surface area contributed by atoms with Crippen molar-refractivity contribution < 1.29 is 9.13 Å². The summed E-state index contributed by atoms with van der Waals surface area (Å²) >= 11 is 1.53. The Morgan fingerprint density at radius 1 is 1.41 bits per heavy atom. The van der Waals surface area contributed by atoms with Crippen LogP contribution in [0.2, 0.25) is 0 Å². The van der Waals surface area contributed by atoms with Gasteiger partial charge in [0.05, 0.1) is 12.6 Å². The first kappa shape index (κ1) is 12.5. The lowest BCUT2D eigenvalue weighted by Crippen LogP contribution is -2.16. The molecular formula is C13H16FNOS. The molecule has 2 N–H and O–H groups in total. The van der Waals surface area contributed by atoms with E-state index in [-0.39, 0.29) is 11.9 Å². The van der Waals surface area contributed by atoms with Crippen molar-refractivity contribution in [1.29, 1.82) is 0 Å². The van der Waals surface area contributed by atoms with Gasteiger partial charge in [0, 0.05) is 16.2 Å². The molecule has 0 spiro atoms. The van der Waals surface area contributed by atoms with Crippen LogP contribution in [-0.2, 0) is 4.74 Å². The van der Waals surface area contributed by atoms with Crippen LogP contribution in [0.5, 0.6) is 0 Å². The molecule has 0 aliphatic heterocycles. The van der Waals surface area contributed by atoms with E-state index >= 15 is 0 Å². The zero-order valence-corrected chi connectivity index (χ0v) is 10.6. The SMILES string of the molecule is CCCOCC(N)c1cc2ccc(F)cc2s1. The molecule has 0 saturated heterocycles. The highest BCUT2D eigenvalue weighted by molar-refractivity contribution is 7.19. The Morgan fingerprint density at radius 3 is 3.00 bits per heavy atom. The molecule has 2 nitrogen and oxygen atoms in total. The summed E-state index contributed by atoms with van der Waals surface area (Å²) in [5, 5.41) is 1.04. The number of fused-ring (bicyclic) bond motifs is 1. The van der Waals surface area contributed by atoms with Crippen molar-refractivity contribution in [3.05, 3.63) is 35.0 Å². The van der Waals surface area contributed by atoms with E-state index in [0.29, 0.717) is 6.61 Å². The van der Waals surface area contributed by atoms with Crippen molar-refractivity contribution in [2.45, 2.75) is 19.4 Å². The van der Waals surface area contributed by atoms with Crippen molar-refractivity contribution in [2.75, 3.05) is 13.2 Å². The minimum absolute atomic E-state index is 0.123. The lowest BCUT2D eigenvalue weighted by molar-refractivity contribution is 0.122. The van der Waals surface area contributed by atoms with Crippen LogP contribution in [0, 0.1) is 5.82 Å². The van der Waals surface area contributed by atoms with Gasteiger partial charge in [0.25, 0.3) is 0 Å². The van der Waals surface area contributed by atoms with E-state index in [1.54, 1.807) is 12.1 Å². The molecule has 0 fully saturated rings. The fourth-order valence-corrected chi connectivity index (χ4v) is 2.72. The number of rotatable bonds is 5. The first-order valence-corrected chi connectivity index (χ1v) is 6.54. The molecule has 0 aliphatic carbocycles. The van der Waals surface area contributed by atoms with Crippen LogP contribution in [-0.4, -0.2) is 13.2 Å². The van der Waals surface area contributed by atoms with Gasteiger partial charge in [0.15, 0.2) is 0 Å².